The lowest BCUT2D eigenvalue weighted by Crippen LogP contribution is -2.24. The molecule has 2 nitrogen and oxygen atoms in total. The molecule has 66 valence electrons. The van der Waals surface area contributed by atoms with E-state index in [9.17, 15) is 0 Å². The second kappa shape index (κ2) is 4.73. The van der Waals surface area contributed by atoms with Gasteiger partial charge < -0.3 is 10.6 Å². The van der Waals surface area contributed by atoms with Crippen LogP contribution < -0.4 is 5.73 Å². The lowest BCUT2D eigenvalue weighted by Gasteiger charge is -2.14. The van der Waals surface area contributed by atoms with Crippen LogP contribution in [0.15, 0.2) is 0 Å². The minimum Gasteiger partial charge on any atom is -0.330 e. The monoisotopic (exact) mass is 156 g/mol. The first kappa shape index (κ1) is 9.01. The molecule has 2 N–H and O–H groups in total. The van der Waals surface area contributed by atoms with E-state index in [4.69, 9.17) is 5.73 Å². The van der Waals surface area contributed by atoms with Gasteiger partial charge in [-0.25, -0.2) is 0 Å². The van der Waals surface area contributed by atoms with E-state index in [-0.39, 0.29) is 0 Å². The first-order valence-corrected chi connectivity index (χ1v) is 4.79. The highest BCUT2D eigenvalue weighted by molar-refractivity contribution is 4.75. The molecule has 2 heteroatoms. The van der Waals surface area contributed by atoms with Crippen molar-refractivity contribution in [1.29, 1.82) is 0 Å². The first-order valence-electron chi connectivity index (χ1n) is 4.79. The highest BCUT2D eigenvalue weighted by Crippen LogP contribution is 2.14. The number of rotatable bonds is 4. The summed E-state index contributed by atoms with van der Waals surface area (Å²) >= 11 is 0. The van der Waals surface area contributed by atoms with Gasteiger partial charge in [0.05, 0.1) is 0 Å². The summed E-state index contributed by atoms with van der Waals surface area (Å²) < 4.78 is 0. The minimum absolute atomic E-state index is 0.784. The van der Waals surface area contributed by atoms with Gasteiger partial charge in [-0.15, -0.1) is 0 Å². The molecule has 0 saturated carbocycles. The molecule has 0 aromatic carbocycles. The number of likely N-dealkylation sites (tertiary alicyclic amines) is 1. The van der Waals surface area contributed by atoms with E-state index in [1.54, 1.807) is 0 Å². The zero-order valence-corrected chi connectivity index (χ0v) is 7.55. The third-order valence-electron chi connectivity index (χ3n) is 2.53. The molecule has 1 rings (SSSR count). The normalized spacial score (nSPS) is 26.2. The fourth-order valence-electron chi connectivity index (χ4n) is 1.69. The Labute approximate surface area is 69.8 Å². The summed E-state index contributed by atoms with van der Waals surface area (Å²) in [5.74, 6) is 0.784. The molecule has 0 unspecified atom stereocenters. The Morgan fingerprint density at radius 2 is 2.36 bits per heavy atom. The molecule has 0 aromatic rings. The SMILES string of the molecule is CCCCN1CC[C@@H](CN)C1. The summed E-state index contributed by atoms with van der Waals surface area (Å²) in [5.41, 5.74) is 5.60. The zero-order chi connectivity index (χ0) is 8.10. The second-order valence-corrected chi connectivity index (χ2v) is 3.54. The Hall–Kier alpha value is -0.0800. The molecule has 11 heavy (non-hydrogen) atoms. The lowest BCUT2D eigenvalue weighted by molar-refractivity contribution is 0.319. The van der Waals surface area contributed by atoms with Crippen LogP contribution in [0.3, 0.4) is 0 Å². The molecule has 0 bridgehead atoms. The van der Waals surface area contributed by atoms with Gasteiger partial charge in [-0.2, -0.15) is 0 Å². The fraction of sp³-hybridized carbons (Fsp3) is 1.00. The average molecular weight is 156 g/mol. The molecular formula is C9H20N2. The Bertz CT molecular complexity index is 104. The summed E-state index contributed by atoms with van der Waals surface area (Å²) in [4.78, 5) is 2.54. The van der Waals surface area contributed by atoms with E-state index in [2.05, 4.69) is 11.8 Å². The van der Waals surface area contributed by atoms with Gasteiger partial charge in [0.2, 0.25) is 0 Å². The fourth-order valence-corrected chi connectivity index (χ4v) is 1.69. The Morgan fingerprint density at radius 1 is 1.55 bits per heavy atom. The van der Waals surface area contributed by atoms with Crippen molar-refractivity contribution >= 4 is 0 Å². The van der Waals surface area contributed by atoms with Crippen LogP contribution in [0.4, 0.5) is 0 Å². The standard InChI is InChI=1S/C9H20N2/c1-2-3-5-11-6-4-9(7-10)8-11/h9H,2-8,10H2,1H3/t9-/m0/s1. The van der Waals surface area contributed by atoms with Gasteiger partial charge in [-0.1, -0.05) is 13.3 Å². The van der Waals surface area contributed by atoms with Crippen molar-refractivity contribution in [3.8, 4) is 0 Å². The van der Waals surface area contributed by atoms with Crippen molar-refractivity contribution in [2.24, 2.45) is 11.7 Å². The Balaban J connectivity index is 2.09. The third-order valence-corrected chi connectivity index (χ3v) is 2.53. The van der Waals surface area contributed by atoms with E-state index < -0.39 is 0 Å². The van der Waals surface area contributed by atoms with Crippen molar-refractivity contribution in [3.05, 3.63) is 0 Å². The van der Waals surface area contributed by atoms with E-state index in [0.717, 1.165) is 12.5 Å². The zero-order valence-electron chi connectivity index (χ0n) is 7.55. The largest absolute Gasteiger partial charge is 0.330 e. The van der Waals surface area contributed by atoms with Gasteiger partial charge in [0.1, 0.15) is 0 Å². The molecule has 0 aliphatic carbocycles. The molecule has 0 amide bonds. The minimum atomic E-state index is 0.784. The Kier molecular flexibility index (Phi) is 3.87. The number of hydrogen-bond donors (Lipinski definition) is 1. The smallest absolute Gasteiger partial charge is 0.00222 e. The van der Waals surface area contributed by atoms with E-state index in [1.165, 1.54) is 38.9 Å². The number of nitrogens with two attached hydrogens (primary N) is 1. The summed E-state index contributed by atoms with van der Waals surface area (Å²) in [5, 5.41) is 0. The second-order valence-electron chi connectivity index (χ2n) is 3.54. The lowest BCUT2D eigenvalue weighted by atomic mass is 10.1. The van der Waals surface area contributed by atoms with Gasteiger partial charge >= 0.3 is 0 Å². The molecule has 1 saturated heterocycles. The predicted molar refractivity (Wildman–Crippen MR) is 48.5 cm³/mol. The predicted octanol–water partition coefficient (Wildman–Crippen LogP) is 1.07. The summed E-state index contributed by atoms with van der Waals surface area (Å²) in [6.45, 7) is 6.93. The molecule has 1 heterocycles. The van der Waals surface area contributed by atoms with E-state index in [0.29, 0.717) is 0 Å². The van der Waals surface area contributed by atoms with Gasteiger partial charge in [-0.3, -0.25) is 0 Å². The van der Waals surface area contributed by atoms with Crippen LogP contribution in [0.25, 0.3) is 0 Å². The molecule has 0 radical (unpaired) electrons. The van der Waals surface area contributed by atoms with Gasteiger partial charge in [-0.05, 0) is 38.4 Å². The van der Waals surface area contributed by atoms with Crippen molar-refractivity contribution < 1.29 is 0 Å². The summed E-state index contributed by atoms with van der Waals surface area (Å²) in [6, 6.07) is 0. The molecule has 1 fully saturated rings. The van der Waals surface area contributed by atoms with Crippen molar-refractivity contribution in [1.82, 2.24) is 4.90 Å². The van der Waals surface area contributed by atoms with Crippen LogP contribution in [0.1, 0.15) is 26.2 Å². The maximum absolute atomic E-state index is 5.60. The summed E-state index contributed by atoms with van der Waals surface area (Å²) in [6.07, 6.45) is 3.97. The summed E-state index contributed by atoms with van der Waals surface area (Å²) in [7, 11) is 0. The van der Waals surface area contributed by atoms with Crippen LogP contribution in [0.2, 0.25) is 0 Å². The van der Waals surface area contributed by atoms with Crippen molar-refractivity contribution in [3.63, 3.8) is 0 Å². The highest BCUT2D eigenvalue weighted by atomic mass is 15.1. The Morgan fingerprint density at radius 3 is 2.91 bits per heavy atom. The quantitative estimate of drug-likeness (QED) is 0.659. The van der Waals surface area contributed by atoms with Crippen LogP contribution in [0, 0.1) is 5.92 Å². The number of nitrogens with zero attached hydrogens (tertiary/aromatic N) is 1. The van der Waals surface area contributed by atoms with Gasteiger partial charge in [0.25, 0.3) is 0 Å². The van der Waals surface area contributed by atoms with Crippen molar-refractivity contribution in [2.45, 2.75) is 26.2 Å². The van der Waals surface area contributed by atoms with E-state index >= 15 is 0 Å². The highest BCUT2D eigenvalue weighted by Gasteiger charge is 2.19. The third kappa shape index (κ3) is 2.80. The van der Waals surface area contributed by atoms with E-state index in [1.807, 2.05) is 0 Å². The average Bonchev–Trinajstić information content (AvgIpc) is 2.48. The molecule has 1 aliphatic rings. The van der Waals surface area contributed by atoms with Gasteiger partial charge in [0, 0.05) is 6.54 Å². The first-order chi connectivity index (χ1) is 5.36. The number of unbranched alkanes of at least 4 members (excludes halogenated alkanes) is 1. The molecular weight excluding hydrogens is 136 g/mol. The topological polar surface area (TPSA) is 29.3 Å². The van der Waals surface area contributed by atoms with Crippen molar-refractivity contribution in [2.75, 3.05) is 26.2 Å². The van der Waals surface area contributed by atoms with Crippen LogP contribution in [-0.4, -0.2) is 31.1 Å². The maximum Gasteiger partial charge on any atom is 0.00222 e. The van der Waals surface area contributed by atoms with Gasteiger partial charge in [0.15, 0.2) is 0 Å². The maximum atomic E-state index is 5.60. The molecule has 1 aliphatic heterocycles. The molecule has 1 atom stereocenters. The molecule has 0 aromatic heterocycles. The molecule has 0 spiro atoms. The van der Waals surface area contributed by atoms with Crippen LogP contribution >= 0.6 is 0 Å². The number of hydrogen-bond acceptors (Lipinski definition) is 2. The van der Waals surface area contributed by atoms with Crippen LogP contribution in [-0.2, 0) is 0 Å². The van der Waals surface area contributed by atoms with Crippen LogP contribution in [0.5, 0.6) is 0 Å².